The van der Waals surface area contributed by atoms with Crippen molar-refractivity contribution in [1.29, 1.82) is 0 Å². The Labute approximate surface area is 127 Å². The molecule has 21 heavy (non-hydrogen) atoms. The fourth-order valence-corrected chi connectivity index (χ4v) is 2.30. The fourth-order valence-electron chi connectivity index (χ4n) is 2.30. The van der Waals surface area contributed by atoms with E-state index in [1.54, 1.807) is 0 Å². The van der Waals surface area contributed by atoms with Crippen molar-refractivity contribution in [3.8, 4) is 0 Å². The van der Waals surface area contributed by atoms with Crippen LogP contribution < -0.4 is 16.4 Å². The lowest BCUT2D eigenvalue weighted by Gasteiger charge is -2.22. The van der Waals surface area contributed by atoms with Crippen LogP contribution >= 0.6 is 0 Å². The van der Waals surface area contributed by atoms with Gasteiger partial charge < -0.3 is 21.1 Å². The molecular formula is C15H29N3O3. The number of carbonyl (C=O) groups excluding carboxylic acids is 2. The molecule has 1 rings (SSSR count). The molecule has 0 radical (unpaired) electrons. The molecule has 1 atom stereocenters. The minimum Gasteiger partial charge on any atom is -0.376 e. The topological polar surface area (TPSA) is 93.5 Å². The van der Waals surface area contributed by atoms with Crippen LogP contribution in [-0.4, -0.2) is 43.7 Å². The monoisotopic (exact) mass is 299 g/mol. The maximum absolute atomic E-state index is 11.6. The highest BCUT2D eigenvalue weighted by Gasteiger charge is 2.17. The van der Waals surface area contributed by atoms with E-state index in [0.717, 1.165) is 12.8 Å². The van der Waals surface area contributed by atoms with Gasteiger partial charge in [-0.05, 0) is 18.8 Å². The van der Waals surface area contributed by atoms with Crippen LogP contribution in [0, 0.1) is 5.92 Å². The van der Waals surface area contributed by atoms with Gasteiger partial charge in [-0.3, -0.25) is 9.59 Å². The number of nitrogens with two attached hydrogens (primary N) is 1. The number of carbonyl (C=O) groups is 2. The van der Waals surface area contributed by atoms with E-state index in [1.807, 2.05) is 13.8 Å². The van der Waals surface area contributed by atoms with Crippen molar-refractivity contribution >= 4 is 11.8 Å². The SMILES string of the molecule is CC(C)[C@H](N)C(=O)NCC(=O)NCCOC1CCCCC1. The summed E-state index contributed by atoms with van der Waals surface area (Å²) in [6.45, 7) is 4.69. The quantitative estimate of drug-likeness (QED) is 0.571. The first-order chi connectivity index (χ1) is 10.0. The lowest BCUT2D eigenvalue weighted by Crippen LogP contribution is -2.47. The molecule has 4 N–H and O–H groups in total. The standard InChI is InChI=1S/C15H29N3O3/c1-11(2)14(16)15(20)18-10-13(19)17-8-9-21-12-6-4-3-5-7-12/h11-12,14H,3-10,16H2,1-2H3,(H,17,19)(H,18,20)/t14-/m0/s1. The molecule has 0 bridgehead atoms. The number of amides is 2. The van der Waals surface area contributed by atoms with Crippen molar-refractivity contribution < 1.29 is 14.3 Å². The van der Waals surface area contributed by atoms with E-state index < -0.39 is 6.04 Å². The number of rotatable bonds is 8. The lowest BCUT2D eigenvalue weighted by molar-refractivity contribution is -0.127. The van der Waals surface area contributed by atoms with E-state index in [-0.39, 0.29) is 24.3 Å². The van der Waals surface area contributed by atoms with Crippen LogP contribution in [0.1, 0.15) is 46.0 Å². The summed E-state index contributed by atoms with van der Waals surface area (Å²) in [5.74, 6) is -0.456. The maximum Gasteiger partial charge on any atom is 0.239 e. The summed E-state index contributed by atoms with van der Waals surface area (Å²) in [4.78, 5) is 23.2. The van der Waals surface area contributed by atoms with Crippen LogP contribution in [0.3, 0.4) is 0 Å². The summed E-state index contributed by atoms with van der Waals surface area (Å²) >= 11 is 0. The van der Waals surface area contributed by atoms with Crippen molar-refractivity contribution in [3.63, 3.8) is 0 Å². The fraction of sp³-hybridized carbons (Fsp3) is 0.867. The first kappa shape index (κ1) is 17.9. The van der Waals surface area contributed by atoms with Gasteiger partial charge in [-0.1, -0.05) is 33.1 Å². The summed E-state index contributed by atoms with van der Waals surface area (Å²) in [5.41, 5.74) is 5.69. The minimum absolute atomic E-state index is 0.0390. The minimum atomic E-state index is -0.576. The number of ether oxygens (including phenoxy) is 1. The highest BCUT2D eigenvalue weighted by Crippen LogP contribution is 2.19. The van der Waals surface area contributed by atoms with Crippen LogP contribution in [0.5, 0.6) is 0 Å². The van der Waals surface area contributed by atoms with Gasteiger partial charge in [0, 0.05) is 6.54 Å². The number of hydrogen-bond acceptors (Lipinski definition) is 4. The van der Waals surface area contributed by atoms with E-state index in [0.29, 0.717) is 19.3 Å². The Morgan fingerprint density at radius 3 is 2.48 bits per heavy atom. The Morgan fingerprint density at radius 2 is 1.86 bits per heavy atom. The normalized spacial score (nSPS) is 17.5. The molecule has 122 valence electrons. The first-order valence-corrected chi connectivity index (χ1v) is 7.92. The molecular weight excluding hydrogens is 270 g/mol. The second kappa shape index (κ2) is 9.73. The van der Waals surface area contributed by atoms with Crippen LogP contribution in [0.25, 0.3) is 0 Å². The molecule has 1 fully saturated rings. The van der Waals surface area contributed by atoms with Gasteiger partial charge in [0.25, 0.3) is 0 Å². The molecule has 0 saturated heterocycles. The zero-order valence-electron chi connectivity index (χ0n) is 13.2. The van der Waals surface area contributed by atoms with Crippen LogP contribution in [-0.2, 0) is 14.3 Å². The first-order valence-electron chi connectivity index (χ1n) is 7.92. The van der Waals surface area contributed by atoms with Crippen molar-refractivity contribution in [2.24, 2.45) is 11.7 Å². The second-order valence-electron chi connectivity index (χ2n) is 5.97. The molecule has 2 amide bonds. The van der Waals surface area contributed by atoms with Gasteiger partial charge in [-0.2, -0.15) is 0 Å². The van der Waals surface area contributed by atoms with Gasteiger partial charge >= 0.3 is 0 Å². The van der Waals surface area contributed by atoms with Gasteiger partial charge in [-0.15, -0.1) is 0 Å². The average molecular weight is 299 g/mol. The second-order valence-corrected chi connectivity index (χ2v) is 5.97. The van der Waals surface area contributed by atoms with Crippen molar-refractivity contribution in [3.05, 3.63) is 0 Å². The molecule has 1 aliphatic rings. The third-order valence-corrected chi connectivity index (χ3v) is 3.77. The Kier molecular flexibility index (Phi) is 8.30. The summed E-state index contributed by atoms with van der Waals surface area (Å²) in [7, 11) is 0. The summed E-state index contributed by atoms with van der Waals surface area (Å²) in [6.07, 6.45) is 6.36. The Hall–Kier alpha value is -1.14. The molecule has 0 unspecified atom stereocenters. The van der Waals surface area contributed by atoms with Crippen molar-refractivity contribution in [2.75, 3.05) is 19.7 Å². The lowest BCUT2D eigenvalue weighted by atomic mass is 9.98. The molecule has 1 aliphatic carbocycles. The van der Waals surface area contributed by atoms with Crippen LogP contribution in [0.15, 0.2) is 0 Å². The molecule has 0 aromatic heterocycles. The third kappa shape index (κ3) is 7.43. The zero-order chi connectivity index (χ0) is 15.7. The summed E-state index contributed by atoms with van der Waals surface area (Å²) < 4.78 is 5.71. The molecule has 1 saturated carbocycles. The highest BCUT2D eigenvalue weighted by molar-refractivity contribution is 5.87. The summed E-state index contributed by atoms with van der Waals surface area (Å²) in [6, 6.07) is -0.576. The molecule has 0 aromatic carbocycles. The van der Waals surface area contributed by atoms with Gasteiger partial charge in [0.2, 0.25) is 11.8 Å². The smallest absolute Gasteiger partial charge is 0.239 e. The molecule has 0 aliphatic heterocycles. The molecule has 6 nitrogen and oxygen atoms in total. The average Bonchev–Trinajstić information content (AvgIpc) is 2.49. The van der Waals surface area contributed by atoms with E-state index in [2.05, 4.69) is 10.6 Å². The van der Waals surface area contributed by atoms with Crippen LogP contribution in [0.2, 0.25) is 0 Å². The Morgan fingerprint density at radius 1 is 1.19 bits per heavy atom. The number of hydrogen-bond donors (Lipinski definition) is 3. The largest absolute Gasteiger partial charge is 0.376 e. The molecule has 0 spiro atoms. The van der Waals surface area contributed by atoms with Crippen molar-refractivity contribution in [1.82, 2.24) is 10.6 Å². The predicted octanol–water partition coefficient (Wildman–Crippen LogP) is 0.551. The predicted molar refractivity (Wildman–Crippen MR) is 81.7 cm³/mol. The van der Waals surface area contributed by atoms with Gasteiger partial charge in [0.05, 0.1) is 25.3 Å². The molecule has 6 heteroatoms. The third-order valence-electron chi connectivity index (χ3n) is 3.77. The van der Waals surface area contributed by atoms with E-state index in [4.69, 9.17) is 10.5 Å². The number of nitrogens with one attached hydrogen (secondary N) is 2. The highest BCUT2D eigenvalue weighted by atomic mass is 16.5. The molecule has 0 aromatic rings. The van der Waals surface area contributed by atoms with Gasteiger partial charge in [0.1, 0.15) is 0 Å². The summed E-state index contributed by atoms with van der Waals surface area (Å²) in [5, 5.41) is 5.26. The Bertz CT molecular complexity index is 328. The van der Waals surface area contributed by atoms with Crippen molar-refractivity contribution in [2.45, 2.75) is 58.1 Å². The van der Waals surface area contributed by atoms with E-state index >= 15 is 0 Å². The van der Waals surface area contributed by atoms with E-state index in [1.165, 1.54) is 19.3 Å². The maximum atomic E-state index is 11.6. The zero-order valence-corrected chi connectivity index (χ0v) is 13.2. The van der Waals surface area contributed by atoms with Gasteiger partial charge in [0.15, 0.2) is 0 Å². The van der Waals surface area contributed by atoms with E-state index in [9.17, 15) is 9.59 Å². The Balaban J connectivity index is 2.04. The molecule has 0 heterocycles. The van der Waals surface area contributed by atoms with Gasteiger partial charge in [-0.25, -0.2) is 0 Å². The van der Waals surface area contributed by atoms with Crippen LogP contribution in [0.4, 0.5) is 0 Å².